The second kappa shape index (κ2) is 4.85. The van der Waals surface area contributed by atoms with Crippen molar-refractivity contribution in [3.05, 3.63) is 24.0 Å². The maximum Gasteiger partial charge on any atom is 0.152 e. The Kier molecular flexibility index (Phi) is 3.59. The monoisotopic (exact) mass is 269 g/mol. The minimum atomic E-state index is -2.85. The third kappa shape index (κ3) is 2.81. The van der Waals surface area contributed by atoms with Gasteiger partial charge in [0, 0.05) is 19.1 Å². The topological polar surface area (TPSA) is 76.3 Å². The fourth-order valence-corrected chi connectivity index (χ4v) is 3.94. The average Bonchev–Trinajstić information content (AvgIpc) is 2.69. The Balaban J connectivity index is 2.12. The highest BCUT2D eigenvalue weighted by Gasteiger charge is 2.30. The van der Waals surface area contributed by atoms with Crippen LogP contribution in [0.2, 0.25) is 0 Å². The molecule has 0 aliphatic carbocycles. The highest BCUT2D eigenvalue weighted by atomic mass is 32.2. The lowest BCUT2D eigenvalue weighted by Crippen LogP contribution is -2.32. The zero-order chi connectivity index (χ0) is 13.3. The number of aromatic nitrogens is 1. The van der Waals surface area contributed by atoms with E-state index in [1.807, 2.05) is 31.0 Å². The van der Waals surface area contributed by atoms with E-state index in [1.54, 1.807) is 6.20 Å². The van der Waals surface area contributed by atoms with Crippen molar-refractivity contribution in [2.45, 2.75) is 25.4 Å². The van der Waals surface area contributed by atoms with E-state index >= 15 is 0 Å². The maximum atomic E-state index is 11.5. The second-order valence-corrected chi connectivity index (χ2v) is 7.13. The first-order chi connectivity index (χ1) is 8.39. The van der Waals surface area contributed by atoms with Crippen LogP contribution < -0.4 is 10.6 Å². The minimum absolute atomic E-state index is 0.0537. The van der Waals surface area contributed by atoms with Crippen molar-refractivity contribution in [3.8, 4) is 0 Å². The molecule has 2 N–H and O–H groups in total. The molecule has 0 spiro atoms. The van der Waals surface area contributed by atoms with Gasteiger partial charge in [0.1, 0.15) is 0 Å². The lowest BCUT2D eigenvalue weighted by atomic mass is 10.2. The largest absolute Gasteiger partial charge is 0.369 e. The SMILES string of the molecule is C[C@@H](N)c1ccc(N(C)C2CCS(=O)(=O)C2)cn1. The van der Waals surface area contributed by atoms with Gasteiger partial charge in [-0.05, 0) is 25.5 Å². The summed E-state index contributed by atoms with van der Waals surface area (Å²) in [6, 6.07) is 3.80. The molecule has 0 saturated carbocycles. The normalized spacial score (nSPS) is 23.8. The lowest BCUT2D eigenvalue weighted by molar-refractivity contribution is 0.601. The second-order valence-electron chi connectivity index (χ2n) is 4.90. The Morgan fingerprint density at radius 2 is 2.22 bits per heavy atom. The van der Waals surface area contributed by atoms with Crippen LogP contribution in [0, 0.1) is 0 Å². The first-order valence-electron chi connectivity index (χ1n) is 6.04. The van der Waals surface area contributed by atoms with Crippen molar-refractivity contribution in [3.63, 3.8) is 0 Å². The standard InChI is InChI=1S/C12H19N3O2S/c1-9(13)12-4-3-10(7-14-12)15(2)11-5-6-18(16,17)8-11/h3-4,7,9,11H,5-6,8,13H2,1-2H3/t9-,11?/m1/s1. The summed E-state index contributed by atoms with van der Waals surface area (Å²) in [6.07, 6.45) is 2.44. The number of hydrogen-bond acceptors (Lipinski definition) is 5. The van der Waals surface area contributed by atoms with Crippen LogP contribution in [-0.4, -0.2) is 38.0 Å². The Morgan fingerprint density at radius 3 is 2.67 bits per heavy atom. The molecule has 0 amide bonds. The number of pyridine rings is 1. The van der Waals surface area contributed by atoms with Crippen molar-refractivity contribution < 1.29 is 8.42 Å². The molecule has 1 fully saturated rings. The maximum absolute atomic E-state index is 11.5. The van der Waals surface area contributed by atoms with Gasteiger partial charge in [0.05, 0.1) is 29.1 Å². The summed E-state index contributed by atoms with van der Waals surface area (Å²) < 4.78 is 22.9. The van der Waals surface area contributed by atoms with Gasteiger partial charge in [-0.1, -0.05) is 0 Å². The molecule has 2 rings (SSSR count). The molecule has 1 saturated heterocycles. The Bertz CT molecular complexity index is 511. The van der Waals surface area contributed by atoms with E-state index in [2.05, 4.69) is 4.98 Å². The first kappa shape index (κ1) is 13.3. The number of anilines is 1. The molecule has 2 heterocycles. The molecule has 100 valence electrons. The summed E-state index contributed by atoms with van der Waals surface area (Å²) in [4.78, 5) is 6.28. The smallest absolute Gasteiger partial charge is 0.152 e. The first-order valence-corrected chi connectivity index (χ1v) is 7.86. The summed E-state index contributed by atoms with van der Waals surface area (Å²) in [5.74, 6) is 0.520. The van der Waals surface area contributed by atoms with Crippen molar-refractivity contribution >= 4 is 15.5 Å². The Labute approximate surface area is 108 Å². The van der Waals surface area contributed by atoms with Crippen LogP contribution in [0.4, 0.5) is 5.69 Å². The molecule has 1 aliphatic heterocycles. The Hall–Kier alpha value is -1.14. The van der Waals surface area contributed by atoms with E-state index in [-0.39, 0.29) is 23.6 Å². The number of nitrogens with zero attached hydrogens (tertiary/aromatic N) is 2. The van der Waals surface area contributed by atoms with Gasteiger partial charge in [-0.25, -0.2) is 8.42 Å². The van der Waals surface area contributed by atoms with Crippen LogP contribution in [0.15, 0.2) is 18.3 Å². The van der Waals surface area contributed by atoms with E-state index in [0.717, 1.165) is 11.4 Å². The quantitative estimate of drug-likeness (QED) is 0.875. The van der Waals surface area contributed by atoms with Gasteiger partial charge in [-0.15, -0.1) is 0 Å². The summed E-state index contributed by atoms with van der Waals surface area (Å²) in [7, 11) is -0.941. The number of rotatable bonds is 3. The van der Waals surface area contributed by atoms with Gasteiger partial charge in [0.25, 0.3) is 0 Å². The molecule has 2 atom stereocenters. The molecule has 1 aromatic rings. The number of nitrogens with two attached hydrogens (primary N) is 1. The molecule has 6 heteroatoms. The summed E-state index contributed by atoms with van der Waals surface area (Å²) in [5.41, 5.74) is 7.51. The van der Waals surface area contributed by atoms with Gasteiger partial charge in [-0.3, -0.25) is 4.98 Å². The van der Waals surface area contributed by atoms with E-state index in [9.17, 15) is 8.42 Å². The predicted molar refractivity (Wildman–Crippen MR) is 72.3 cm³/mol. The Morgan fingerprint density at radius 1 is 1.50 bits per heavy atom. The van der Waals surface area contributed by atoms with Crippen LogP contribution in [-0.2, 0) is 9.84 Å². The molecule has 0 radical (unpaired) electrons. The van der Waals surface area contributed by atoms with E-state index in [0.29, 0.717) is 6.42 Å². The average molecular weight is 269 g/mol. The summed E-state index contributed by atoms with van der Waals surface area (Å²) in [5, 5.41) is 0. The molecular weight excluding hydrogens is 250 g/mol. The predicted octanol–water partition coefficient (Wildman–Crippen LogP) is 0.725. The third-order valence-electron chi connectivity index (χ3n) is 3.40. The zero-order valence-electron chi connectivity index (χ0n) is 10.7. The van der Waals surface area contributed by atoms with Crippen molar-refractivity contribution in [1.82, 2.24) is 4.98 Å². The minimum Gasteiger partial charge on any atom is -0.369 e. The molecule has 18 heavy (non-hydrogen) atoms. The highest BCUT2D eigenvalue weighted by molar-refractivity contribution is 7.91. The third-order valence-corrected chi connectivity index (χ3v) is 5.15. The van der Waals surface area contributed by atoms with Gasteiger partial charge in [0.15, 0.2) is 9.84 Å². The molecule has 1 unspecified atom stereocenters. The lowest BCUT2D eigenvalue weighted by Gasteiger charge is -2.25. The molecule has 5 nitrogen and oxygen atoms in total. The van der Waals surface area contributed by atoms with Gasteiger partial charge >= 0.3 is 0 Å². The van der Waals surface area contributed by atoms with Crippen LogP contribution >= 0.6 is 0 Å². The van der Waals surface area contributed by atoms with Crippen LogP contribution in [0.1, 0.15) is 25.1 Å². The van der Waals surface area contributed by atoms with E-state index in [4.69, 9.17) is 5.73 Å². The molecule has 1 aromatic heterocycles. The van der Waals surface area contributed by atoms with Gasteiger partial charge in [0.2, 0.25) is 0 Å². The van der Waals surface area contributed by atoms with Crippen molar-refractivity contribution in [1.29, 1.82) is 0 Å². The van der Waals surface area contributed by atoms with Crippen molar-refractivity contribution in [2.24, 2.45) is 5.73 Å². The number of hydrogen-bond donors (Lipinski definition) is 1. The zero-order valence-corrected chi connectivity index (χ0v) is 11.5. The molecule has 0 aromatic carbocycles. The van der Waals surface area contributed by atoms with Gasteiger partial charge in [-0.2, -0.15) is 0 Å². The fraction of sp³-hybridized carbons (Fsp3) is 0.583. The fourth-order valence-electron chi connectivity index (χ4n) is 2.17. The molecule has 1 aliphatic rings. The summed E-state index contributed by atoms with van der Waals surface area (Å²) in [6.45, 7) is 1.88. The van der Waals surface area contributed by atoms with E-state index in [1.165, 1.54) is 0 Å². The number of sulfone groups is 1. The van der Waals surface area contributed by atoms with E-state index < -0.39 is 9.84 Å². The van der Waals surface area contributed by atoms with Crippen LogP contribution in [0.25, 0.3) is 0 Å². The van der Waals surface area contributed by atoms with Gasteiger partial charge < -0.3 is 10.6 Å². The highest BCUT2D eigenvalue weighted by Crippen LogP contribution is 2.22. The van der Waals surface area contributed by atoms with Crippen LogP contribution in [0.5, 0.6) is 0 Å². The molecular formula is C12H19N3O2S. The molecule has 0 bridgehead atoms. The summed E-state index contributed by atoms with van der Waals surface area (Å²) >= 11 is 0. The van der Waals surface area contributed by atoms with Crippen molar-refractivity contribution in [2.75, 3.05) is 23.5 Å². The van der Waals surface area contributed by atoms with Crippen LogP contribution in [0.3, 0.4) is 0 Å².